The molecule has 4 nitrogen and oxygen atoms in total. The number of hydrogen-bond donors (Lipinski definition) is 2. The number of aliphatic hydroxyl groups is 1. The maximum Gasteiger partial charge on any atom is 0.0945 e. The highest BCUT2D eigenvalue weighted by molar-refractivity contribution is 4.78. The Morgan fingerprint density at radius 3 is 2.92 bits per heavy atom. The number of aromatic nitrogens is 2. The number of hydrogen-bond acceptors (Lipinski definition) is 3. The highest BCUT2D eigenvalue weighted by Crippen LogP contribution is 2.08. The average Bonchev–Trinajstić information content (AvgIpc) is 2.57. The van der Waals surface area contributed by atoms with Gasteiger partial charge in [0, 0.05) is 24.5 Å². The van der Waals surface area contributed by atoms with Crippen molar-refractivity contribution in [2.45, 2.75) is 31.8 Å². The number of aliphatic hydroxyl groups excluding tert-OH is 1. The Bertz CT molecular complexity index is 231. The summed E-state index contributed by atoms with van der Waals surface area (Å²) in [6.07, 6.45) is 7.25. The minimum atomic E-state index is -0.444. The van der Waals surface area contributed by atoms with Crippen LogP contribution < -0.4 is 5.73 Å². The van der Waals surface area contributed by atoms with Crippen molar-refractivity contribution in [3.05, 3.63) is 18.7 Å². The molecule has 1 unspecified atom stereocenters. The second kappa shape index (κ2) is 4.39. The van der Waals surface area contributed by atoms with Gasteiger partial charge in [-0.05, 0) is 19.8 Å². The summed E-state index contributed by atoms with van der Waals surface area (Å²) in [6.45, 7) is 2.81. The Balaban J connectivity index is 2.21. The van der Waals surface area contributed by atoms with E-state index < -0.39 is 5.54 Å². The zero-order valence-electron chi connectivity index (χ0n) is 7.98. The molecule has 1 aromatic rings. The summed E-state index contributed by atoms with van der Waals surface area (Å²) < 4.78 is 2.01. The first-order valence-electron chi connectivity index (χ1n) is 4.49. The molecule has 0 radical (unpaired) electrons. The molecule has 4 heteroatoms. The van der Waals surface area contributed by atoms with Crippen LogP contribution in [0.4, 0.5) is 0 Å². The lowest BCUT2D eigenvalue weighted by molar-refractivity contribution is 0.196. The van der Waals surface area contributed by atoms with E-state index in [1.165, 1.54) is 0 Å². The Hall–Kier alpha value is -0.870. The van der Waals surface area contributed by atoms with Crippen molar-refractivity contribution in [1.82, 2.24) is 9.55 Å². The molecule has 1 aromatic heterocycles. The summed E-state index contributed by atoms with van der Waals surface area (Å²) in [5, 5.41) is 8.91. The van der Waals surface area contributed by atoms with Crippen LogP contribution in [0.25, 0.3) is 0 Å². The van der Waals surface area contributed by atoms with E-state index in [1.54, 1.807) is 12.5 Å². The molecule has 0 saturated carbocycles. The van der Waals surface area contributed by atoms with Crippen LogP contribution in [0.2, 0.25) is 0 Å². The van der Waals surface area contributed by atoms with Crippen molar-refractivity contribution in [3.8, 4) is 0 Å². The highest BCUT2D eigenvalue weighted by Gasteiger charge is 2.15. The predicted octanol–water partition coefficient (Wildman–Crippen LogP) is 0.373. The second-order valence-corrected chi connectivity index (χ2v) is 3.72. The molecule has 0 bridgehead atoms. The van der Waals surface area contributed by atoms with Gasteiger partial charge in [0.25, 0.3) is 0 Å². The number of nitrogens with two attached hydrogens (primary N) is 1. The van der Waals surface area contributed by atoms with Gasteiger partial charge in [0.15, 0.2) is 0 Å². The first kappa shape index (κ1) is 10.2. The second-order valence-electron chi connectivity index (χ2n) is 3.72. The Labute approximate surface area is 78.4 Å². The van der Waals surface area contributed by atoms with E-state index in [4.69, 9.17) is 10.8 Å². The number of imidazole rings is 1. The Morgan fingerprint density at radius 2 is 2.38 bits per heavy atom. The SMILES string of the molecule is CC(N)(CO)CCCn1ccnc1. The Kier molecular flexibility index (Phi) is 3.45. The van der Waals surface area contributed by atoms with E-state index in [9.17, 15) is 0 Å². The molecule has 0 amide bonds. The summed E-state index contributed by atoms with van der Waals surface area (Å²) in [7, 11) is 0. The van der Waals surface area contributed by atoms with Gasteiger partial charge < -0.3 is 15.4 Å². The maximum atomic E-state index is 8.91. The molecule has 0 aliphatic carbocycles. The van der Waals surface area contributed by atoms with Crippen LogP contribution in [0.15, 0.2) is 18.7 Å². The molecular weight excluding hydrogens is 166 g/mol. The smallest absolute Gasteiger partial charge is 0.0945 e. The van der Waals surface area contributed by atoms with Crippen LogP contribution in [0, 0.1) is 0 Å². The minimum absolute atomic E-state index is 0.0386. The third-order valence-electron chi connectivity index (χ3n) is 2.08. The molecule has 1 atom stereocenters. The van der Waals surface area contributed by atoms with Gasteiger partial charge in [-0.3, -0.25) is 0 Å². The van der Waals surface area contributed by atoms with Crippen LogP contribution in [-0.2, 0) is 6.54 Å². The van der Waals surface area contributed by atoms with E-state index in [0.29, 0.717) is 0 Å². The normalized spacial score (nSPS) is 15.6. The number of nitrogens with zero attached hydrogens (tertiary/aromatic N) is 2. The zero-order chi connectivity index (χ0) is 9.73. The summed E-state index contributed by atoms with van der Waals surface area (Å²) >= 11 is 0. The largest absolute Gasteiger partial charge is 0.394 e. The van der Waals surface area contributed by atoms with Crippen LogP contribution in [0.3, 0.4) is 0 Å². The van der Waals surface area contributed by atoms with Gasteiger partial charge in [0.1, 0.15) is 0 Å². The standard InChI is InChI=1S/C9H17N3O/c1-9(10,7-13)3-2-5-12-6-4-11-8-12/h4,6,8,13H,2-3,5,7,10H2,1H3. The van der Waals surface area contributed by atoms with Gasteiger partial charge in [-0.15, -0.1) is 0 Å². The van der Waals surface area contributed by atoms with E-state index in [1.807, 2.05) is 17.7 Å². The highest BCUT2D eigenvalue weighted by atomic mass is 16.3. The fourth-order valence-corrected chi connectivity index (χ4v) is 1.16. The van der Waals surface area contributed by atoms with Gasteiger partial charge in [-0.2, -0.15) is 0 Å². The molecule has 0 aromatic carbocycles. The van der Waals surface area contributed by atoms with Gasteiger partial charge in [-0.25, -0.2) is 4.98 Å². The lowest BCUT2D eigenvalue weighted by atomic mass is 9.98. The third-order valence-corrected chi connectivity index (χ3v) is 2.08. The quantitative estimate of drug-likeness (QED) is 0.693. The average molecular weight is 183 g/mol. The van der Waals surface area contributed by atoms with Crippen molar-refractivity contribution in [2.24, 2.45) is 5.73 Å². The first-order chi connectivity index (χ1) is 6.14. The van der Waals surface area contributed by atoms with Crippen molar-refractivity contribution in [3.63, 3.8) is 0 Å². The van der Waals surface area contributed by atoms with E-state index in [2.05, 4.69) is 4.98 Å². The molecule has 0 spiro atoms. The van der Waals surface area contributed by atoms with Crippen molar-refractivity contribution in [2.75, 3.05) is 6.61 Å². The third kappa shape index (κ3) is 3.57. The van der Waals surface area contributed by atoms with Gasteiger partial charge in [0.05, 0.1) is 12.9 Å². The number of rotatable bonds is 5. The van der Waals surface area contributed by atoms with Crippen LogP contribution in [0.1, 0.15) is 19.8 Å². The van der Waals surface area contributed by atoms with Gasteiger partial charge >= 0.3 is 0 Å². The van der Waals surface area contributed by atoms with Gasteiger partial charge in [0.2, 0.25) is 0 Å². The first-order valence-corrected chi connectivity index (χ1v) is 4.49. The number of aryl methyl sites for hydroxylation is 1. The molecule has 1 rings (SSSR count). The minimum Gasteiger partial charge on any atom is -0.394 e. The van der Waals surface area contributed by atoms with Crippen LogP contribution >= 0.6 is 0 Å². The molecular formula is C9H17N3O. The van der Waals surface area contributed by atoms with Crippen molar-refractivity contribution in [1.29, 1.82) is 0 Å². The molecule has 0 aliphatic rings. The molecule has 1 heterocycles. The summed E-state index contributed by atoms with van der Waals surface area (Å²) in [5.74, 6) is 0. The topological polar surface area (TPSA) is 64.1 Å². The molecule has 13 heavy (non-hydrogen) atoms. The molecule has 3 N–H and O–H groups in total. The monoisotopic (exact) mass is 183 g/mol. The van der Waals surface area contributed by atoms with Crippen molar-refractivity contribution < 1.29 is 5.11 Å². The fourth-order valence-electron chi connectivity index (χ4n) is 1.16. The van der Waals surface area contributed by atoms with Gasteiger partial charge in [-0.1, -0.05) is 0 Å². The fraction of sp³-hybridized carbons (Fsp3) is 0.667. The van der Waals surface area contributed by atoms with E-state index in [-0.39, 0.29) is 6.61 Å². The molecule has 0 saturated heterocycles. The molecule has 0 aliphatic heterocycles. The Morgan fingerprint density at radius 1 is 1.62 bits per heavy atom. The van der Waals surface area contributed by atoms with E-state index in [0.717, 1.165) is 19.4 Å². The lowest BCUT2D eigenvalue weighted by Crippen LogP contribution is -2.40. The molecule has 0 fully saturated rings. The summed E-state index contributed by atoms with van der Waals surface area (Å²) in [4.78, 5) is 3.94. The van der Waals surface area contributed by atoms with Crippen LogP contribution in [-0.4, -0.2) is 26.8 Å². The van der Waals surface area contributed by atoms with E-state index >= 15 is 0 Å². The molecule has 74 valence electrons. The van der Waals surface area contributed by atoms with Crippen molar-refractivity contribution >= 4 is 0 Å². The summed E-state index contributed by atoms with van der Waals surface area (Å²) in [6, 6.07) is 0. The maximum absolute atomic E-state index is 8.91. The van der Waals surface area contributed by atoms with Crippen LogP contribution in [0.5, 0.6) is 0 Å². The lowest BCUT2D eigenvalue weighted by Gasteiger charge is -2.21. The zero-order valence-corrected chi connectivity index (χ0v) is 7.98. The predicted molar refractivity (Wildman–Crippen MR) is 51.1 cm³/mol. The summed E-state index contributed by atoms with van der Waals surface area (Å²) in [5.41, 5.74) is 5.34.